The molecule has 0 aromatic rings. The van der Waals surface area contributed by atoms with Gasteiger partial charge in [-0.25, -0.2) is 4.99 Å². The van der Waals surface area contributed by atoms with E-state index in [0.29, 0.717) is 18.8 Å². The maximum absolute atomic E-state index is 9.38. The van der Waals surface area contributed by atoms with E-state index >= 15 is 0 Å². The molecule has 0 aromatic heterocycles. The van der Waals surface area contributed by atoms with Gasteiger partial charge in [0.1, 0.15) is 5.84 Å². The van der Waals surface area contributed by atoms with Gasteiger partial charge in [0.05, 0.1) is 0 Å². The van der Waals surface area contributed by atoms with E-state index in [4.69, 9.17) is 0 Å². The molecule has 4 heteroatoms. The van der Waals surface area contributed by atoms with Crippen LogP contribution in [-0.2, 0) is 0 Å². The second kappa shape index (κ2) is 3.69. The number of likely N-dealkylation sites (N-methyl/N-ethyl adjacent to an activating group) is 1. The first kappa shape index (κ1) is 9.22. The number of hydrogen-bond donors (Lipinski definition) is 2. The summed E-state index contributed by atoms with van der Waals surface area (Å²) >= 11 is 0. The lowest BCUT2D eigenvalue weighted by atomic mass is 10.3. The summed E-state index contributed by atoms with van der Waals surface area (Å²) in [6, 6.07) is 0. The minimum atomic E-state index is -1.00. The zero-order valence-electron chi connectivity index (χ0n) is 7.14. The molecule has 0 saturated carbocycles. The summed E-state index contributed by atoms with van der Waals surface area (Å²) < 4.78 is 0. The highest BCUT2D eigenvalue weighted by Crippen LogP contribution is 2.15. The quantitative estimate of drug-likeness (QED) is 0.583. The van der Waals surface area contributed by atoms with Crippen molar-refractivity contribution < 1.29 is 10.2 Å². The van der Waals surface area contributed by atoms with Crippen LogP contribution < -0.4 is 0 Å². The summed E-state index contributed by atoms with van der Waals surface area (Å²) in [6.07, 6.45) is 0.402. The number of nitrogens with zero attached hydrogens (tertiary/aromatic N) is 2. The molecule has 68 valence electrons. The zero-order chi connectivity index (χ0) is 9.14. The molecule has 1 heterocycles. The van der Waals surface area contributed by atoms with Crippen molar-refractivity contribution in [3.8, 4) is 0 Å². The number of hydrogen-bond acceptors (Lipinski definition) is 4. The molecule has 2 atom stereocenters. The van der Waals surface area contributed by atoms with Gasteiger partial charge < -0.3 is 15.1 Å². The van der Waals surface area contributed by atoms with E-state index in [-0.39, 0.29) is 0 Å². The predicted molar refractivity (Wildman–Crippen MR) is 46.6 cm³/mol. The third-order valence-electron chi connectivity index (χ3n) is 1.87. The van der Waals surface area contributed by atoms with Crippen molar-refractivity contribution in [3.63, 3.8) is 0 Å². The summed E-state index contributed by atoms with van der Waals surface area (Å²) in [5.74, 6) is 0.701. The molecule has 0 aliphatic carbocycles. The summed E-state index contributed by atoms with van der Waals surface area (Å²) in [4.78, 5) is 5.55. The smallest absolute Gasteiger partial charge is 0.192 e. The summed E-state index contributed by atoms with van der Waals surface area (Å²) in [6.45, 7) is 6.12. The molecule has 0 fully saturated rings. The third-order valence-corrected chi connectivity index (χ3v) is 1.87. The second-order valence-corrected chi connectivity index (χ2v) is 2.65. The molecule has 0 saturated heterocycles. The van der Waals surface area contributed by atoms with Crippen molar-refractivity contribution in [1.29, 1.82) is 0 Å². The Morgan fingerprint density at radius 3 is 2.83 bits per heavy atom. The van der Waals surface area contributed by atoms with Gasteiger partial charge in [0, 0.05) is 13.0 Å². The van der Waals surface area contributed by atoms with Crippen LogP contribution in [0, 0.1) is 0 Å². The monoisotopic (exact) mass is 170 g/mol. The Hall–Kier alpha value is -0.870. The Balaban J connectivity index is 2.70. The van der Waals surface area contributed by atoms with Gasteiger partial charge in [-0.2, -0.15) is 0 Å². The van der Waals surface area contributed by atoms with Gasteiger partial charge in [-0.3, -0.25) is 0 Å². The van der Waals surface area contributed by atoms with Crippen molar-refractivity contribution in [2.75, 3.05) is 6.54 Å². The standard InChI is InChI=1S/C8H14N2O2/c1-3-5-6-9-7(11)8(12)10(6)4-2/h3,7-8,11-12H,1,4-5H2,2H3. The molecule has 0 radical (unpaired) electrons. The van der Waals surface area contributed by atoms with E-state index in [2.05, 4.69) is 11.6 Å². The van der Waals surface area contributed by atoms with Crippen LogP contribution in [0.15, 0.2) is 17.6 Å². The Morgan fingerprint density at radius 1 is 1.67 bits per heavy atom. The van der Waals surface area contributed by atoms with Crippen LogP contribution in [0.2, 0.25) is 0 Å². The van der Waals surface area contributed by atoms with Gasteiger partial charge in [-0.1, -0.05) is 6.08 Å². The molecule has 0 bridgehead atoms. The van der Waals surface area contributed by atoms with E-state index in [1.807, 2.05) is 6.92 Å². The Kier molecular flexibility index (Phi) is 2.83. The van der Waals surface area contributed by atoms with Crippen LogP contribution in [0.5, 0.6) is 0 Å². The van der Waals surface area contributed by atoms with E-state index in [0.717, 1.165) is 0 Å². The third kappa shape index (κ3) is 1.49. The number of aliphatic imine (C=N–C) groups is 1. The first-order valence-electron chi connectivity index (χ1n) is 4.01. The molecule has 0 aromatic carbocycles. The van der Waals surface area contributed by atoms with Gasteiger partial charge in [-0.05, 0) is 6.92 Å². The van der Waals surface area contributed by atoms with Gasteiger partial charge in [0.25, 0.3) is 0 Å². The Bertz CT molecular complexity index is 203. The average molecular weight is 170 g/mol. The Labute approximate surface area is 71.8 Å². The van der Waals surface area contributed by atoms with Crippen LogP contribution in [0.4, 0.5) is 0 Å². The molecular formula is C8H14N2O2. The average Bonchev–Trinajstić information content (AvgIpc) is 2.29. The molecule has 12 heavy (non-hydrogen) atoms. The summed E-state index contributed by atoms with van der Waals surface area (Å²) in [7, 11) is 0. The van der Waals surface area contributed by atoms with E-state index in [1.54, 1.807) is 11.0 Å². The minimum absolute atomic E-state index is 0.585. The lowest BCUT2D eigenvalue weighted by Crippen LogP contribution is -2.39. The lowest BCUT2D eigenvalue weighted by Gasteiger charge is -2.22. The van der Waals surface area contributed by atoms with E-state index in [1.165, 1.54) is 0 Å². The maximum Gasteiger partial charge on any atom is 0.192 e. The van der Waals surface area contributed by atoms with Crippen molar-refractivity contribution in [3.05, 3.63) is 12.7 Å². The second-order valence-electron chi connectivity index (χ2n) is 2.65. The molecule has 4 nitrogen and oxygen atoms in total. The molecule has 2 N–H and O–H groups in total. The predicted octanol–water partition coefficient (Wildman–Crippen LogP) is -0.0667. The molecule has 1 aliphatic rings. The highest BCUT2D eigenvalue weighted by Gasteiger charge is 2.30. The highest BCUT2D eigenvalue weighted by atomic mass is 16.4. The van der Waals surface area contributed by atoms with Crippen LogP contribution in [-0.4, -0.2) is 39.9 Å². The molecule has 0 spiro atoms. The maximum atomic E-state index is 9.38. The lowest BCUT2D eigenvalue weighted by molar-refractivity contribution is -0.0293. The van der Waals surface area contributed by atoms with Crippen molar-refractivity contribution >= 4 is 5.84 Å². The molecule has 1 aliphatic heterocycles. The molecule has 2 unspecified atom stereocenters. The van der Waals surface area contributed by atoms with E-state index < -0.39 is 12.5 Å². The first-order valence-corrected chi connectivity index (χ1v) is 4.01. The molecule has 1 rings (SSSR count). The number of amidine groups is 1. The highest BCUT2D eigenvalue weighted by molar-refractivity contribution is 5.85. The van der Waals surface area contributed by atoms with Gasteiger partial charge >= 0.3 is 0 Å². The Morgan fingerprint density at radius 2 is 2.33 bits per heavy atom. The number of aliphatic hydroxyl groups is 2. The fraction of sp³-hybridized carbons (Fsp3) is 0.625. The molecule has 0 amide bonds. The topological polar surface area (TPSA) is 56.1 Å². The summed E-state index contributed by atoms with van der Waals surface area (Å²) in [5, 5.41) is 18.6. The van der Waals surface area contributed by atoms with Crippen LogP contribution in [0.1, 0.15) is 13.3 Å². The minimum Gasteiger partial charge on any atom is -0.369 e. The van der Waals surface area contributed by atoms with Crippen LogP contribution in [0.25, 0.3) is 0 Å². The molecular weight excluding hydrogens is 156 g/mol. The van der Waals surface area contributed by atoms with Crippen molar-refractivity contribution in [2.45, 2.75) is 25.8 Å². The number of aliphatic hydroxyl groups excluding tert-OH is 2. The van der Waals surface area contributed by atoms with Crippen LogP contribution >= 0.6 is 0 Å². The SMILES string of the molecule is C=CCC1=NC(O)C(O)N1CC. The normalized spacial score (nSPS) is 28.9. The van der Waals surface area contributed by atoms with Crippen LogP contribution in [0.3, 0.4) is 0 Å². The van der Waals surface area contributed by atoms with Crippen molar-refractivity contribution in [2.24, 2.45) is 4.99 Å². The van der Waals surface area contributed by atoms with Gasteiger partial charge in [0.2, 0.25) is 0 Å². The van der Waals surface area contributed by atoms with Crippen molar-refractivity contribution in [1.82, 2.24) is 4.90 Å². The van der Waals surface area contributed by atoms with Gasteiger partial charge in [-0.15, -0.1) is 6.58 Å². The largest absolute Gasteiger partial charge is 0.369 e. The number of rotatable bonds is 3. The fourth-order valence-corrected chi connectivity index (χ4v) is 1.28. The van der Waals surface area contributed by atoms with E-state index in [9.17, 15) is 10.2 Å². The zero-order valence-corrected chi connectivity index (χ0v) is 7.14. The fourth-order valence-electron chi connectivity index (χ4n) is 1.28. The van der Waals surface area contributed by atoms with Gasteiger partial charge in [0.15, 0.2) is 12.5 Å². The first-order chi connectivity index (χ1) is 5.70. The summed E-state index contributed by atoms with van der Waals surface area (Å²) in [5.41, 5.74) is 0.